The molecule has 1 aromatic carbocycles. The van der Waals surface area contributed by atoms with Gasteiger partial charge < -0.3 is 20.1 Å². The van der Waals surface area contributed by atoms with Gasteiger partial charge in [0.25, 0.3) is 0 Å². The Morgan fingerprint density at radius 3 is 2.59 bits per heavy atom. The first-order valence-corrected chi connectivity index (χ1v) is 9.47. The summed E-state index contributed by atoms with van der Waals surface area (Å²) in [7, 11) is 1.80. The lowest BCUT2D eigenvalue weighted by atomic mass is 10.0. The molecule has 0 spiro atoms. The number of benzene rings is 1. The molecule has 0 radical (unpaired) electrons. The summed E-state index contributed by atoms with van der Waals surface area (Å²) < 4.78 is 10.8. The second kappa shape index (κ2) is 10.8. The molecular weight excluding hydrogens is 340 g/mol. The van der Waals surface area contributed by atoms with Gasteiger partial charge in [0.15, 0.2) is 5.96 Å². The molecule has 27 heavy (non-hydrogen) atoms. The van der Waals surface area contributed by atoms with Crippen LogP contribution in [0.3, 0.4) is 0 Å². The van der Waals surface area contributed by atoms with Crippen molar-refractivity contribution in [1.82, 2.24) is 15.5 Å². The Labute approximate surface area is 163 Å². The molecule has 0 aromatic heterocycles. The normalized spacial score (nSPS) is 15.9. The standard InChI is InChI=1S/C21H32N4O2/c1-5-14-27-19-8-6-18(7-9-19)10-11-23-20(22-4)24-17-21(2,3)25-12-15-26-16-13-25/h1,6-9H,10-17H2,2-4H3,(H2,22,23,24). The molecule has 0 saturated carbocycles. The Morgan fingerprint density at radius 1 is 1.26 bits per heavy atom. The second-order valence-electron chi connectivity index (χ2n) is 7.15. The van der Waals surface area contributed by atoms with E-state index in [1.54, 1.807) is 7.05 Å². The van der Waals surface area contributed by atoms with E-state index in [0.29, 0.717) is 6.61 Å². The molecule has 1 aliphatic heterocycles. The van der Waals surface area contributed by atoms with Crippen molar-refractivity contribution in [3.63, 3.8) is 0 Å². The van der Waals surface area contributed by atoms with Crippen molar-refractivity contribution in [2.45, 2.75) is 25.8 Å². The maximum absolute atomic E-state index is 5.45. The number of nitrogens with zero attached hydrogens (tertiary/aromatic N) is 2. The third-order valence-corrected chi connectivity index (χ3v) is 4.73. The predicted octanol–water partition coefficient (Wildman–Crippen LogP) is 1.52. The monoisotopic (exact) mass is 372 g/mol. The van der Waals surface area contributed by atoms with Gasteiger partial charge in [-0.05, 0) is 38.0 Å². The number of terminal acetylenes is 1. The van der Waals surface area contributed by atoms with Crippen molar-refractivity contribution in [1.29, 1.82) is 0 Å². The molecule has 0 amide bonds. The van der Waals surface area contributed by atoms with Gasteiger partial charge in [0.2, 0.25) is 0 Å². The molecule has 1 aromatic rings. The van der Waals surface area contributed by atoms with Gasteiger partial charge in [-0.2, -0.15) is 0 Å². The van der Waals surface area contributed by atoms with Gasteiger partial charge >= 0.3 is 0 Å². The molecule has 1 saturated heterocycles. The lowest BCUT2D eigenvalue weighted by Crippen LogP contribution is -2.56. The van der Waals surface area contributed by atoms with E-state index in [1.807, 2.05) is 12.1 Å². The molecule has 6 nitrogen and oxygen atoms in total. The molecule has 2 N–H and O–H groups in total. The van der Waals surface area contributed by atoms with Crippen LogP contribution in [0.15, 0.2) is 29.3 Å². The first-order chi connectivity index (χ1) is 13.0. The Balaban J connectivity index is 1.73. The SMILES string of the molecule is C#CCOc1ccc(CCNC(=NC)NCC(C)(C)N2CCOCC2)cc1. The quantitative estimate of drug-likeness (QED) is 0.412. The predicted molar refractivity (Wildman–Crippen MR) is 110 cm³/mol. The molecular formula is C21H32N4O2. The van der Waals surface area contributed by atoms with E-state index < -0.39 is 0 Å². The van der Waals surface area contributed by atoms with E-state index in [-0.39, 0.29) is 5.54 Å². The summed E-state index contributed by atoms with van der Waals surface area (Å²) in [5, 5.41) is 6.82. The molecule has 0 unspecified atom stereocenters. The van der Waals surface area contributed by atoms with Gasteiger partial charge in [-0.3, -0.25) is 9.89 Å². The Kier molecular flexibility index (Phi) is 8.43. The van der Waals surface area contributed by atoms with Crippen LogP contribution in [0.25, 0.3) is 0 Å². The lowest BCUT2D eigenvalue weighted by Gasteiger charge is -2.41. The zero-order valence-corrected chi connectivity index (χ0v) is 16.8. The van der Waals surface area contributed by atoms with Crippen LogP contribution in [-0.2, 0) is 11.2 Å². The third kappa shape index (κ3) is 7.12. The number of morpholine rings is 1. The molecule has 1 fully saturated rings. The van der Waals surface area contributed by atoms with Crippen LogP contribution < -0.4 is 15.4 Å². The van der Waals surface area contributed by atoms with E-state index in [2.05, 4.69) is 52.4 Å². The van der Waals surface area contributed by atoms with Gasteiger partial charge in [-0.1, -0.05) is 18.1 Å². The summed E-state index contributed by atoms with van der Waals surface area (Å²) in [6.07, 6.45) is 6.10. The van der Waals surface area contributed by atoms with Crippen molar-refractivity contribution >= 4 is 5.96 Å². The smallest absolute Gasteiger partial charge is 0.191 e. The van der Waals surface area contributed by atoms with Gasteiger partial charge in [0.1, 0.15) is 12.4 Å². The van der Waals surface area contributed by atoms with Crippen molar-refractivity contribution in [2.75, 3.05) is 53.0 Å². The summed E-state index contributed by atoms with van der Waals surface area (Å²) in [6.45, 7) is 10.0. The van der Waals surface area contributed by atoms with Crippen LogP contribution >= 0.6 is 0 Å². The van der Waals surface area contributed by atoms with Gasteiger partial charge in [0.05, 0.1) is 13.2 Å². The number of hydrogen-bond acceptors (Lipinski definition) is 4. The highest BCUT2D eigenvalue weighted by Gasteiger charge is 2.28. The number of hydrogen-bond donors (Lipinski definition) is 2. The van der Waals surface area contributed by atoms with Crippen LogP contribution in [0, 0.1) is 12.3 Å². The van der Waals surface area contributed by atoms with Crippen LogP contribution in [-0.4, -0.2) is 69.4 Å². The van der Waals surface area contributed by atoms with E-state index in [0.717, 1.165) is 57.5 Å². The summed E-state index contributed by atoms with van der Waals surface area (Å²) in [6, 6.07) is 8.02. The first kappa shape index (κ1) is 21.1. The van der Waals surface area contributed by atoms with Crippen LogP contribution in [0.5, 0.6) is 5.75 Å². The first-order valence-electron chi connectivity index (χ1n) is 9.47. The molecule has 148 valence electrons. The van der Waals surface area contributed by atoms with E-state index >= 15 is 0 Å². The third-order valence-electron chi connectivity index (χ3n) is 4.73. The van der Waals surface area contributed by atoms with Crippen molar-refractivity contribution in [2.24, 2.45) is 4.99 Å². The number of nitrogens with one attached hydrogen (secondary N) is 2. The fourth-order valence-corrected chi connectivity index (χ4v) is 3.00. The van der Waals surface area contributed by atoms with Crippen molar-refractivity contribution in [3.8, 4) is 18.1 Å². The highest BCUT2D eigenvalue weighted by molar-refractivity contribution is 5.79. The average Bonchev–Trinajstić information content (AvgIpc) is 2.70. The number of aliphatic imine (C=N–C) groups is 1. The molecule has 6 heteroatoms. The van der Waals surface area contributed by atoms with E-state index in [1.165, 1.54) is 5.56 Å². The Morgan fingerprint density at radius 2 is 1.96 bits per heavy atom. The fourth-order valence-electron chi connectivity index (χ4n) is 3.00. The molecule has 0 bridgehead atoms. The lowest BCUT2D eigenvalue weighted by molar-refractivity contribution is -0.00833. The summed E-state index contributed by atoms with van der Waals surface area (Å²) in [5.41, 5.74) is 1.29. The van der Waals surface area contributed by atoms with Crippen molar-refractivity contribution in [3.05, 3.63) is 29.8 Å². The Bertz CT molecular complexity index is 629. The largest absolute Gasteiger partial charge is 0.481 e. The van der Waals surface area contributed by atoms with E-state index in [9.17, 15) is 0 Å². The zero-order valence-electron chi connectivity index (χ0n) is 16.8. The molecule has 1 aliphatic rings. The molecule has 0 atom stereocenters. The maximum Gasteiger partial charge on any atom is 0.191 e. The van der Waals surface area contributed by atoms with E-state index in [4.69, 9.17) is 15.9 Å². The van der Waals surface area contributed by atoms with Crippen LogP contribution in [0.1, 0.15) is 19.4 Å². The highest BCUT2D eigenvalue weighted by Crippen LogP contribution is 2.15. The number of guanidine groups is 1. The molecule has 2 rings (SSSR count). The van der Waals surface area contributed by atoms with Crippen LogP contribution in [0.2, 0.25) is 0 Å². The second-order valence-corrected chi connectivity index (χ2v) is 7.15. The Hall–Kier alpha value is -2.23. The number of rotatable bonds is 8. The zero-order chi connectivity index (χ0) is 19.5. The summed E-state index contributed by atoms with van der Waals surface area (Å²) in [4.78, 5) is 6.79. The topological polar surface area (TPSA) is 58.1 Å². The molecule has 0 aliphatic carbocycles. The number of ether oxygens (including phenoxy) is 2. The highest BCUT2D eigenvalue weighted by atomic mass is 16.5. The summed E-state index contributed by atoms with van der Waals surface area (Å²) >= 11 is 0. The van der Waals surface area contributed by atoms with Gasteiger partial charge in [-0.25, -0.2) is 0 Å². The minimum Gasteiger partial charge on any atom is -0.481 e. The molecule has 1 heterocycles. The summed E-state index contributed by atoms with van der Waals surface area (Å²) in [5.74, 6) is 4.09. The maximum atomic E-state index is 5.45. The minimum absolute atomic E-state index is 0.0512. The van der Waals surface area contributed by atoms with Crippen LogP contribution in [0.4, 0.5) is 0 Å². The fraction of sp³-hybridized carbons (Fsp3) is 0.571. The van der Waals surface area contributed by atoms with Gasteiger partial charge in [-0.15, -0.1) is 6.42 Å². The van der Waals surface area contributed by atoms with Gasteiger partial charge in [0, 0.05) is 38.8 Å². The minimum atomic E-state index is 0.0512. The average molecular weight is 373 g/mol. The van der Waals surface area contributed by atoms with Crippen molar-refractivity contribution < 1.29 is 9.47 Å².